The highest BCUT2D eigenvalue weighted by molar-refractivity contribution is 9.10. The summed E-state index contributed by atoms with van der Waals surface area (Å²) in [6.45, 7) is 3.72. The van der Waals surface area contributed by atoms with E-state index in [-0.39, 0.29) is 24.2 Å². The Hall–Kier alpha value is -0.880. The van der Waals surface area contributed by atoms with E-state index >= 15 is 0 Å². The van der Waals surface area contributed by atoms with Crippen molar-refractivity contribution in [3.05, 3.63) is 34.3 Å². The van der Waals surface area contributed by atoms with Crippen LogP contribution in [-0.4, -0.2) is 42.8 Å². The van der Waals surface area contributed by atoms with E-state index in [0.29, 0.717) is 5.56 Å². The first kappa shape index (κ1) is 14.5. The maximum atomic E-state index is 12.4. The fraction of sp³-hybridized carbons (Fsp3) is 0.462. The van der Waals surface area contributed by atoms with Crippen molar-refractivity contribution in [1.82, 2.24) is 4.90 Å². The van der Waals surface area contributed by atoms with Crippen molar-refractivity contribution in [2.45, 2.75) is 25.1 Å². The molecule has 1 aromatic carbocycles. The molecule has 0 aromatic heterocycles. The Kier molecular flexibility index (Phi) is 4.01. The molecule has 0 radical (unpaired) electrons. The van der Waals surface area contributed by atoms with Gasteiger partial charge in [-0.15, -0.1) is 0 Å². The Labute approximate surface area is 121 Å². The van der Waals surface area contributed by atoms with Gasteiger partial charge in [0.05, 0.1) is 11.0 Å². The van der Waals surface area contributed by atoms with Gasteiger partial charge in [-0.3, -0.25) is 4.79 Å². The first-order chi connectivity index (χ1) is 8.83. The van der Waals surface area contributed by atoms with Gasteiger partial charge < -0.3 is 4.90 Å². The highest BCUT2D eigenvalue weighted by Crippen LogP contribution is 2.22. The Morgan fingerprint density at radius 2 is 2.05 bits per heavy atom. The second-order valence-electron chi connectivity index (χ2n) is 4.82. The van der Waals surface area contributed by atoms with E-state index in [1.807, 2.05) is 6.07 Å². The van der Waals surface area contributed by atoms with Crippen LogP contribution >= 0.6 is 15.9 Å². The van der Waals surface area contributed by atoms with Gasteiger partial charge in [0.1, 0.15) is 0 Å². The fourth-order valence-electron chi connectivity index (χ4n) is 2.24. The molecule has 0 unspecified atom stereocenters. The average molecular weight is 346 g/mol. The Balaban J connectivity index is 2.26. The van der Waals surface area contributed by atoms with Gasteiger partial charge in [0, 0.05) is 22.6 Å². The van der Waals surface area contributed by atoms with Gasteiger partial charge in [0.2, 0.25) is 0 Å². The number of carbonyl (C=O) groups is 1. The van der Waals surface area contributed by atoms with Crippen molar-refractivity contribution < 1.29 is 13.2 Å². The number of rotatable bonds is 1. The summed E-state index contributed by atoms with van der Waals surface area (Å²) < 4.78 is 24.4. The number of hydrogen-bond acceptors (Lipinski definition) is 3. The molecule has 2 rings (SSSR count). The molecule has 1 aromatic rings. The highest BCUT2D eigenvalue weighted by atomic mass is 79.9. The molecular weight excluding hydrogens is 330 g/mol. The van der Waals surface area contributed by atoms with Crippen molar-refractivity contribution in [3.63, 3.8) is 0 Å². The van der Waals surface area contributed by atoms with Crippen LogP contribution < -0.4 is 0 Å². The molecule has 6 heteroatoms. The van der Waals surface area contributed by atoms with Crippen LogP contribution in [0.4, 0.5) is 0 Å². The van der Waals surface area contributed by atoms with Gasteiger partial charge in [-0.1, -0.05) is 22.0 Å². The Morgan fingerprint density at radius 1 is 1.37 bits per heavy atom. The van der Waals surface area contributed by atoms with Crippen LogP contribution in [0.1, 0.15) is 24.2 Å². The molecule has 1 heterocycles. The third-order valence-electron chi connectivity index (χ3n) is 3.69. The molecule has 104 valence electrons. The summed E-state index contributed by atoms with van der Waals surface area (Å²) in [6.07, 6.45) is 0. The number of sulfone groups is 1. The lowest BCUT2D eigenvalue weighted by Crippen LogP contribution is -2.54. The van der Waals surface area contributed by atoms with Crippen LogP contribution in [-0.2, 0) is 9.84 Å². The maximum absolute atomic E-state index is 12.4. The minimum atomic E-state index is -3.07. The monoisotopic (exact) mass is 345 g/mol. The molecule has 1 amide bonds. The van der Waals surface area contributed by atoms with Crippen molar-refractivity contribution >= 4 is 31.7 Å². The van der Waals surface area contributed by atoms with Crippen molar-refractivity contribution in [2.75, 3.05) is 12.3 Å². The Bertz CT molecular complexity index is 600. The zero-order chi connectivity index (χ0) is 14.2. The van der Waals surface area contributed by atoms with Crippen LogP contribution in [0.5, 0.6) is 0 Å². The van der Waals surface area contributed by atoms with Crippen molar-refractivity contribution in [3.8, 4) is 0 Å². The molecule has 4 nitrogen and oxygen atoms in total. The summed E-state index contributed by atoms with van der Waals surface area (Å²) in [4.78, 5) is 14.1. The van der Waals surface area contributed by atoms with E-state index < -0.39 is 15.1 Å². The van der Waals surface area contributed by atoms with Crippen LogP contribution in [0.2, 0.25) is 0 Å². The number of nitrogens with zero attached hydrogens (tertiary/aromatic N) is 1. The lowest BCUT2D eigenvalue weighted by Gasteiger charge is -2.37. The van der Waals surface area contributed by atoms with Crippen LogP contribution in [0, 0.1) is 0 Å². The Morgan fingerprint density at radius 3 is 2.68 bits per heavy atom. The maximum Gasteiger partial charge on any atom is 0.254 e. The van der Waals surface area contributed by atoms with Gasteiger partial charge in [-0.2, -0.15) is 0 Å². The smallest absolute Gasteiger partial charge is 0.254 e. The number of amides is 1. The summed E-state index contributed by atoms with van der Waals surface area (Å²) in [6, 6.07) is 6.84. The summed E-state index contributed by atoms with van der Waals surface area (Å²) in [5, 5.41) is -0.516. The van der Waals surface area contributed by atoms with Gasteiger partial charge >= 0.3 is 0 Å². The van der Waals surface area contributed by atoms with Gasteiger partial charge in [0.15, 0.2) is 9.84 Å². The molecule has 19 heavy (non-hydrogen) atoms. The molecule has 0 saturated carbocycles. The van der Waals surface area contributed by atoms with E-state index in [1.165, 1.54) is 0 Å². The first-order valence-corrected chi connectivity index (χ1v) is 8.62. The third-order valence-corrected chi connectivity index (χ3v) is 6.46. The van der Waals surface area contributed by atoms with Gasteiger partial charge in [-0.25, -0.2) is 8.42 Å². The minimum absolute atomic E-state index is 0.0399. The SMILES string of the molecule is C[C@@H]1[C@@H](C)S(=O)(=O)CCN1C(=O)c1cccc(Br)c1. The van der Waals surface area contributed by atoms with E-state index in [4.69, 9.17) is 0 Å². The average Bonchev–Trinajstić information content (AvgIpc) is 2.36. The van der Waals surface area contributed by atoms with E-state index in [0.717, 1.165) is 4.47 Å². The minimum Gasteiger partial charge on any atom is -0.334 e. The standard InChI is InChI=1S/C13H16BrNO3S/c1-9-10(2)19(17,18)7-6-15(9)13(16)11-4-3-5-12(14)8-11/h3-5,8-10H,6-7H2,1-2H3/t9-,10-/m1/s1. The zero-order valence-electron chi connectivity index (χ0n) is 10.8. The molecule has 1 fully saturated rings. The normalized spacial score (nSPS) is 26.2. The molecule has 1 aliphatic rings. The molecule has 0 spiro atoms. The van der Waals surface area contributed by atoms with Crippen molar-refractivity contribution in [2.24, 2.45) is 0 Å². The molecular formula is C13H16BrNO3S. The van der Waals surface area contributed by atoms with Crippen LogP contribution in [0.3, 0.4) is 0 Å². The summed E-state index contributed by atoms with van der Waals surface area (Å²) >= 11 is 3.33. The number of benzene rings is 1. The second-order valence-corrected chi connectivity index (χ2v) is 8.21. The first-order valence-electron chi connectivity index (χ1n) is 6.11. The predicted octanol–water partition coefficient (Wildman–Crippen LogP) is 2.10. The van der Waals surface area contributed by atoms with Crippen LogP contribution in [0.15, 0.2) is 28.7 Å². The fourth-order valence-corrected chi connectivity index (χ4v) is 4.21. The van der Waals surface area contributed by atoms with Gasteiger partial charge in [-0.05, 0) is 32.0 Å². The van der Waals surface area contributed by atoms with Crippen molar-refractivity contribution in [1.29, 1.82) is 0 Å². The lowest BCUT2D eigenvalue weighted by molar-refractivity contribution is 0.0693. The highest BCUT2D eigenvalue weighted by Gasteiger charge is 2.38. The molecule has 0 aliphatic carbocycles. The van der Waals surface area contributed by atoms with E-state index in [2.05, 4.69) is 15.9 Å². The third kappa shape index (κ3) is 2.84. The quantitative estimate of drug-likeness (QED) is 0.783. The van der Waals surface area contributed by atoms with E-state index in [1.54, 1.807) is 36.9 Å². The second kappa shape index (κ2) is 5.25. The molecule has 0 N–H and O–H groups in total. The molecule has 2 atom stereocenters. The molecule has 1 saturated heterocycles. The van der Waals surface area contributed by atoms with Gasteiger partial charge in [0.25, 0.3) is 5.91 Å². The zero-order valence-corrected chi connectivity index (χ0v) is 13.2. The number of hydrogen-bond donors (Lipinski definition) is 0. The number of carbonyl (C=O) groups excluding carboxylic acids is 1. The summed E-state index contributed by atoms with van der Waals surface area (Å²) in [7, 11) is -3.07. The number of halogens is 1. The topological polar surface area (TPSA) is 54.5 Å². The molecule has 0 bridgehead atoms. The summed E-state index contributed by atoms with van der Waals surface area (Å²) in [5.41, 5.74) is 0.577. The predicted molar refractivity (Wildman–Crippen MR) is 77.9 cm³/mol. The lowest BCUT2D eigenvalue weighted by atomic mass is 10.1. The molecule has 1 aliphatic heterocycles. The summed E-state index contributed by atoms with van der Waals surface area (Å²) in [5.74, 6) is -0.0753. The van der Waals surface area contributed by atoms with E-state index in [9.17, 15) is 13.2 Å². The largest absolute Gasteiger partial charge is 0.334 e. The van der Waals surface area contributed by atoms with Crippen LogP contribution in [0.25, 0.3) is 0 Å².